The molecule has 1 heterocycles. The molecule has 0 aliphatic carbocycles. The first kappa shape index (κ1) is 16.4. The molecule has 0 aliphatic heterocycles. The summed E-state index contributed by atoms with van der Waals surface area (Å²) >= 11 is 0. The van der Waals surface area contributed by atoms with Crippen molar-refractivity contribution >= 4 is 11.6 Å². The van der Waals surface area contributed by atoms with Crippen molar-refractivity contribution in [1.82, 2.24) is 20.2 Å². The Morgan fingerprint density at radius 3 is 2.80 bits per heavy atom. The Kier molecular flexibility index (Phi) is 4.89. The summed E-state index contributed by atoms with van der Waals surface area (Å²) in [6.07, 6.45) is 1.48. The van der Waals surface area contributed by atoms with Gasteiger partial charge in [-0.2, -0.15) is 0 Å². The van der Waals surface area contributed by atoms with Crippen LogP contribution in [0.25, 0.3) is 5.69 Å². The van der Waals surface area contributed by atoms with E-state index in [9.17, 15) is 4.79 Å². The number of anilines is 1. The third-order valence-corrected chi connectivity index (χ3v) is 3.44. The van der Waals surface area contributed by atoms with Crippen LogP contribution >= 0.6 is 0 Å². The van der Waals surface area contributed by atoms with Gasteiger partial charge in [0, 0.05) is 11.3 Å². The number of nitrogens with one attached hydrogen (secondary N) is 1. The van der Waals surface area contributed by atoms with Crippen LogP contribution in [0.15, 0.2) is 48.8 Å². The highest BCUT2D eigenvalue weighted by Crippen LogP contribution is 2.28. The summed E-state index contributed by atoms with van der Waals surface area (Å²) in [7, 11) is 1.54. The van der Waals surface area contributed by atoms with Gasteiger partial charge < -0.3 is 14.8 Å². The number of aromatic nitrogens is 4. The summed E-state index contributed by atoms with van der Waals surface area (Å²) in [4.78, 5) is 12.5. The van der Waals surface area contributed by atoms with E-state index in [1.165, 1.54) is 18.1 Å². The van der Waals surface area contributed by atoms with Crippen molar-refractivity contribution in [2.45, 2.75) is 6.92 Å². The lowest BCUT2D eigenvalue weighted by Gasteiger charge is -2.11. The maximum absolute atomic E-state index is 12.5. The molecular weight excluding hydrogens is 322 g/mol. The minimum absolute atomic E-state index is 0.254. The van der Waals surface area contributed by atoms with E-state index < -0.39 is 0 Å². The minimum Gasteiger partial charge on any atom is -0.493 e. The summed E-state index contributed by atoms with van der Waals surface area (Å²) in [5.74, 6) is 0.856. The first-order valence-electron chi connectivity index (χ1n) is 7.67. The van der Waals surface area contributed by atoms with Crippen LogP contribution in [-0.4, -0.2) is 39.8 Å². The second-order valence-electron chi connectivity index (χ2n) is 5.06. The normalized spacial score (nSPS) is 10.3. The third-order valence-electron chi connectivity index (χ3n) is 3.44. The largest absolute Gasteiger partial charge is 0.493 e. The van der Waals surface area contributed by atoms with Crippen molar-refractivity contribution in [3.05, 3.63) is 54.4 Å². The number of benzene rings is 2. The molecule has 1 aromatic heterocycles. The average molecular weight is 339 g/mol. The van der Waals surface area contributed by atoms with E-state index in [-0.39, 0.29) is 5.91 Å². The number of hydrogen-bond acceptors (Lipinski definition) is 6. The Morgan fingerprint density at radius 2 is 2.08 bits per heavy atom. The van der Waals surface area contributed by atoms with Crippen molar-refractivity contribution in [3.8, 4) is 17.2 Å². The fourth-order valence-corrected chi connectivity index (χ4v) is 2.29. The van der Waals surface area contributed by atoms with E-state index in [1.54, 1.807) is 30.3 Å². The van der Waals surface area contributed by atoms with Crippen LogP contribution in [0.4, 0.5) is 5.69 Å². The van der Waals surface area contributed by atoms with Gasteiger partial charge in [-0.15, -0.1) is 5.10 Å². The lowest BCUT2D eigenvalue weighted by Crippen LogP contribution is -2.12. The number of ether oxygens (including phenoxy) is 2. The molecule has 2 aromatic carbocycles. The summed E-state index contributed by atoms with van der Waals surface area (Å²) < 4.78 is 12.2. The van der Waals surface area contributed by atoms with Crippen LogP contribution in [0.2, 0.25) is 0 Å². The first-order valence-corrected chi connectivity index (χ1v) is 7.67. The maximum atomic E-state index is 12.5. The van der Waals surface area contributed by atoms with Gasteiger partial charge in [0.05, 0.1) is 19.4 Å². The lowest BCUT2D eigenvalue weighted by atomic mass is 10.1. The number of hydrogen-bond donors (Lipinski definition) is 1. The molecule has 8 heteroatoms. The third kappa shape index (κ3) is 3.74. The molecule has 0 fully saturated rings. The minimum atomic E-state index is -0.254. The Morgan fingerprint density at radius 1 is 1.20 bits per heavy atom. The highest BCUT2D eigenvalue weighted by molar-refractivity contribution is 6.04. The summed E-state index contributed by atoms with van der Waals surface area (Å²) in [6, 6.07) is 12.3. The first-order chi connectivity index (χ1) is 12.2. The molecule has 128 valence electrons. The van der Waals surface area contributed by atoms with Crippen LogP contribution in [0.5, 0.6) is 11.5 Å². The lowest BCUT2D eigenvalue weighted by molar-refractivity contribution is 0.102. The van der Waals surface area contributed by atoms with Gasteiger partial charge in [0.25, 0.3) is 5.91 Å². The van der Waals surface area contributed by atoms with Gasteiger partial charge in [0.15, 0.2) is 11.5 Å². The molecule has 1 N–H and O–H groups in total. The van der Waals surface area contributed by atoms with Gasteiger partial charge in [-0.05, 0) is 53.7 Å². The molecule has 0 radical (unpaired) electrons. The number of tetrazole rings is 1. The van der Waals surface area contributed by atoms with Crippen molar-refractivity contribution in [1.29, 1.82) is 0 Å². The van der Waals surface area contributed by atoms with Crippen molar-refractivity contribution in [3.63, 3.8) is 0 Å². The second-order valence-corrected chi connectivity index (χ2v) is 5.06. The van der Waals surface area contributed by atoms with E-state index in [4.69, 9.17) is 9.47 Å². The number of methoxy groups -OCH3 is 1. The monoisotopic (exact) mass is 339 g/mol. The van der Waals surface area contributed by atoms with Gasteiger partial charge in [-0.3, -0.25) is 4.79 Å². The molecule has 0 saturated heterocycles. The molecule has 0 unspecified atom stereocenters. The highest BCUT2D eigenvalue weighted by Gasteiger charge is 2.12. The summed E-state index contributed by atoms with van der Waals surface area (Å²) in [5, 5.41) is 13.9. The van der Waals surface area contributed by atoms with Gasteiger partial charge in [-0.1, -0.05) is 6.07 Å². The van der Waals surface area contributed by atoms with E-state index >= 15 is 0 Å². The van der Waals surface area contributed by atoms with E-state index in [1.807, 2.05) is 19.1 Å². The topological polar surface area (TPSA) is 91.2 Å². The molecule has 3 rings (SSSR count). The smallest absolute Gasteiger partial charge is 0.255 e. The zero-order chi connectivity index (χ0) is 17.6. The Bertz CT molecular complexity index is 864. The Balaban J connectivity index is 1.79. The predicted octanol–water partition coefficient (Wildman–Crippen LogP) is 2.32. The van der Waals surface area contributed by atoms with Gasteiger partial charge >= 0.3 is 0 Å². The molecule has 1 amide bonds. The van der Waals surface area contributed by atoms with E-state index in [0.29, 0.717) is 29.4 Å². The number of carbonyl (C=O) groups excluding carboxylic acids is 1. The van der Waals surface area contributed by atoms with Crippen LogP contribution in [-0.2, 0) is 0 Å². The Labute approximate surface area is 144 Å². The predicted molar refractivity (Wildman–Crippen MR) is 91.3 cm³/mol. The second kappa shape index (κ2) is 7.43. The molecule has 3 aromatic rings. The number of carbonyl (C=O) groups is 1. The summed E-state index contributed by atoms with van der Waals surface area (Å²) in [5.41, 5.74) is 1.84. The fraction of sp³-hybridized carbons (Fsp3) is 0.176. The van der Waals surface area contributed by atoms with Gasteiger partial charge in [-0.25, -0.2) is 4.68 Å². The summed E-state index contributed by atoms with van der Waals surface area (Å²) in [6.45, 7) is 2.41. The van der Waals surface area contributed by atoms with Gasteiger partial charge in [0.1, 0.15) is 6.33 Å². The van der Waals surface area contributed by atoms with Crippen LogP contribution in [0.3, 0.4) is 0 Å². The van der Waals surface area contributed by atoms with Crippen molar-refractivity contribution in [2.75, 3.05) is 19.0 Å². The maximum Gasteiger partial charge on any atom is 0.255 e. The molecular formula is C17H17N5O3. The van der Waals surface area contributed by atoms with E-state index in [2.05, 4.69) is 20.8 Å². The molecule has 0 atom stereocenters. The molecule has 8 nitrogen and oxygen atoms in total. The van der Waals surface area contributed by atoms with E-state index in [0.717, 1.165) is 5.69 Å². The Hall–Kier alpha value is -3.42. The van der Waals surface area contributed by atoms with Crippen LogP contribution in [0.1, 0.15) is 17.3 Å². The molecule has 25 heavy (non-hydrogen) atoms. The standard InChI is InChI=1S/C17H17N5O3/c1-3-25-15-8-7-12(9-16(15)24-2)17(23)19-13-5-4-6-14(10-13)22-11-18-20-21-22/h4-11H,3H2,1-2H3,(H,19,23). The van der Waals surface area contributed by atoms with Crippen molar-refractivity contribution in [2.24, 2.45) is 0 Å². The molecule has 0 bridgehead atoms. The van der Waals surface area contributed by atoms with Gasteiger partial charge in [0.2, 0.25) is 0 Å². The highest BCUT2D eigenvalue weighted by atomic mass is 16.5. The SMILES string of the molecule is CCOc1ccc(C(=O)Nc2cccc(-n3cnnn3)c2)cc1OC. The quantitative estimate of drug-likeness (QED) is 0.741. The molecule has 0 spiro atoms. The number of amides is 1. The number of nitrogens with zero attached hydrogens (tertiary/aromatic N) is 4. The fourth-order valence-electron chi connectivity index (χ4n) is 2.29. The van der Waals surface area contributed by atoms with Crippen LogP contribution in [0, 0.1) is 0 Å². The zero-order valence-corrected chi connectivity index (χ0v) is 13.8. The van der Waals surface area contributed by atoms with Crippen molar-refractivity contribution < 1.29 is 14.3 Å². The van der Waals surface area contributed by atoms with Crippen LogP contribution < -0.4 is 14.8 Å². The molecule has 0 saturated carbocycles. The zero-order valence-electron chi connectivity index (χ0n) is 13.8. The molecule has 0 aliphatic rings. The number of rotatable bonds is 6. The average Bonchev–Trinajstić information content (AvgIpc) is 3.17.